The van der Waals surface area contributed by atoms with Gasteiger partial charge in [0.1, 0.15) is 0 Å². The molecule has 0 N–H and O–H groups in total. The predicted molar refractivity (Wildman–Crippen MR) is 52.6 cm³/mol. The van der Waals surface area contributed by atoms with Gasteiger partial charge in [-0.15, -0.1) is 0 Å². The predicted octanol–water partition coefficient (Wildman–Crippen LogP) is 3.80. The van der Waals surface area contributed by atoms with Crippen LogP contribution < -0.4 is 0 Å². The Morgan fingerprint density at radius 1 is 1.00 bits per heavy atom. The van der Waals surface area contributed by atoms with Crippen LogP contribution in [-0.4, -0.2) is 0 Å². The van der Waals surface area contributed by atoms with E-state index in [-0.39, 0.29) is 0 Å². The number of hydrogen-bond donors (Lipinski definition) is 0. The molecule has 0 bridgehead atoms. The summed E-state index contributed by atoms with van der Waals surface area (Å²) in [5, 5.41) is 0. The van der Waals surface area contributed by atoms with Crippen molar-refractivity contribution in [2.45, 2.75) is 34.1 Å². The Kier molecular flexibility index (Phi) is 4.17. The molecular weight excluding hydrogens is 132 g/mol. The maximum absolute atomic E-state index is 3.94. The van der Waals surface area contributed by atoms with Crippen molar-refractivity contribution < 1.29 is 0 Å². The quantitative estimate of drug-likeness (QED) is 0.537. The molecule has 0 heteroatoms. The maximum Gasteiger partial charge on any atom is -0.0232 e. The highest BCUT2D eigenvalue weighted by Crippen LogP contribution is 2.21. The standard InChI is InChI=1S/C11H20/c1-8(2)10(5)7-11(6)9(3)4/h10-11H,1,3,7H2,2,4-6H3. The van der Waals surface area contributed by atoms with Crippen molar-refractivity contribution in [3.05, 3.63) is 24.3 Å². The summed E-state index contributed by atoms with van der Waals surface area (Å²) in [5.74, 6) is 1.25. The topological polar surface area (TPSA) is 0 Å². The van der Waals surface area contributed by atoms with Crippen LogP contribution in [-0.2, 0) is 0 Å². The van der Waals surface area contributed by atoms with Gasteiger partial charge in [0, 0.05) is 0 Å². The van der Waals surface area contributed by atoms with E-state index in [2.05, 4.69) is 40.9 Å². The summed E-state index contributed by atoms with van der Waals surface area (Å²) in [5.41, 5.74) is 2.55. The van der Waals surface area contributed by atoms with E-state index in [9.17, 15) is 0 Å². The second-order valence-corrected chi connectivity index (χ2v) is 3.73. The first-order chi connectivity index (χ1) is 4.95. The molecule has 0 heterocycles. The van der Waals surface area contributed by atoms with Gasteiger partial charge in [-0.3, -0.25) is 0 Å². The summed E-state index contributed by atoms with van der Waals surface area (Å²) in [4.78, 5) is 0. The molecule has 2 unspecified atom stereocenters. The molecule has 0 aliphatic rings. The summed E-state index contributed by atoms with van der Waals surface area (Å²) in [6.45, 7) is 16.5. The van der Waals surface area contributed by atoms with Gasteiger partial charge in [0.2, 0.25) is 0 Å². The zero-order valence-corrected chi connectivity index (χ0v) is 8.28. The van der Waals surface area contributed by atoms with Crippen molar-refractivity contribution >= 4 is 0 Å². The summed E-state index contributed by atoms with van der Waals surface area (Å²) in [6.07, 6.45) is 1.19. The van der Waals surface area contributed by atoms with Crippen LogP contribution in [0.5, 0.6) is 0 Å². The van der Waals surface area contributed by atoms with E-state index in [0.29, 0.717) is 11.8 Å². The molecule has 0 saturated carbocycles. The molecule has 0 aromatic carbocycles. The number of hydrogen-bond acceptors (Lipinski definition) is 0. The average molecular weight is 152 g/mol. The van der Waals surface area contributed by atoms with Gasteiger partial charge in [-0.2, -0.15) is 0 Å². The van der Waals surface area contributed by atoms with Gasteiger partial charge >= 0.3 is 0 Å². The van der Waals surface area contributed by atoms with Gasteiger partial charge in [0.15, 0.2) is 0 Å². The Morgan fingerprint density at radius 2 is 1.27 bits per heavy atom. The van der Waals surface area contributed by atoms with Crippen LogP contribution in [0.25, 0.3) is 0 Å². The lowest BCUT2D eigenvalue weighted by molar-refractivity contribution is 0.506. The summed E-state index contributed by atoms with van der Waals surface area (Å²) in [6, 6.07) is 0. The van der Waals surface area contributed by atoms with E-state index in [1.165, 1.54) is 17.6 Å². The van der Waals surface area contributed by atoms with E-state index < -0.39 is 0 Å². The molecule has 0 aliphatic carbocycles. The molecule has 0 aromatic rings. The normalized spacial score (nSPS) is 15.6. The largest absolute Gasteiger partial charge is 0.0999 e. The fourth-order valence-corrected chi connectivity index (χ4v) is 0.933. The van der Waals surface area contributed by atoms with Crippen LogP contribution in [0.15, 0.2) is 24.3 Å². The first-order valence-electron chi connectivity index (χ1n) is 4.26. The third-order valence-electron chi connectivity index (χ3n) is 2.39. The Balaban J connectivity index is 3.84. The lowest BCUT2D eigenvalue weighted by atomic mass is 9.89. The molecule has 0 amide bonds. The van der Waals surface area contributed by atoms with Crippen molar-refractivity contribution in [2.24, 2.45) is 11.8 Å². The van der Waals surface area contributed by atoms with E-state index in [1.54, 1.807) is 0 Å². The van der Waals surface area contributed by atoms with Crippen molar-refractivity contribution in [3.8, 4) is 0 Å². The monoisotopic (exact) mass is 152 g/mol. The summed E-state index contributed by atoms with van der Waals surface area (Å²) < 4.78 is 0. The first-order valence-corrected chi connectivity index (χ1v) is 4.26. The summed E-state index contributed by atoms with van der Waals surface area (Å²) >= 11 is 0. The molecule has 0 rings (SSSR count). The highest BCUT2D eigenvalue weighted by atomic mass is 14.1. The van der Waals surface area contributed by atoms with Crippen molar-refractivity contribution in [2.75, 3.05) is 0 Å². The molecule has 0 fully saturated rings. The summed E-state index contributed by atoms with van der Waals surface area (Å²) in [7, 11) is 0. The first kappa shape index (κ1) is 10.5. The van der Waals surface area contributed by atoms with Crippen LogP contribution in [0.1, 0.15) is 34.1 Å². The lowest BCUT2D eigenvalue weighted by Crippen LogP contribution is -2.04. The average Bonchev–Trinajstić information content (AvgIpc) is 1.87. The van der Waals surface area contributed by atoms with Gasteiger partial charge in [0.25, 0.3) is 0 Å². The highest BCUT2D eigenvalue weighted by molar-refractivity contribution is 5.00. The molecule has 0 saturated heterocycles. The van der Waals surface area contributed by atoms with Gasteiger partial charge in [-0.05, 0) is 32.1 Å². The second kappa shape index (κ2) is 4.38. The fourth-order valence-electron chi connectivity index (χ4n) is 0.933. The number of rotatable bonds is 4. The third-order valence-corrected chi connectivity index (χ3v) is 2.39. The van der Waals surface area contributed by atoms with Crippen LogP contribution in [0.3, 0.4) is 0 Å². The fraction of sp³-hybridized carbons (Fsp3) is 0.636. The van der Waals surface area contributed by atoms with Gasteiger partial charge < -0.3 is 0 Å². The number of allylic oxidation sites excluding steroid dienone is 2. The zero-order valence-electron chi connectivity index (χ0n) is 8.28. The van der Waals surface area contributed by atoms with Crippen LogP contribution >= 0.6 is 0 Å². The molecule has 0 aromatic heterocycles. The lowest BCUT2D eigenvalue weighted by Gasteiger charge is -2.16. The maximum atomic E-state index is 3.94. The van der Waals surface area contributed by atoms with E-state index >= 15 is 0 Å². The molecule has 2 atom stereocenters. The minimum Gasteiger partial charge on any atom is -0.0999 e. The minimum atomic E-state index is 0.627. The van der Waals surface area contributed by atoms with E-state index in [4.69, 9.17) is 0 Å². The molecule has 0 aliphatic heterocycles. The van der Waals surface area contributed by atoms with E-state index in [1.807, 2.05) is 0 Å². The molecule has 64 valence electrons. The SMILES string of the molecule is C=C(C)C(C)CC(C)C(=C)C. The zero-order chi connectivity index (χ0) is 9.02. The molecular formula is C11H20. The van der Waals surface area contributed by atoms with Crippen molar-refractivity contribution in [1.29, 1.82) is 0 Å². The Morgan fingerprint density at radius 3 is 1.45 bits per heavy atom. The van der Waals surface area contributed by atoms with Crippen molar-refractivity contribution in [1.82, 2.24) is 0 Å². The van der Waals surface area contributed by atoms with Gasteiger partial charge in [0.05, 0.1) is 0 Å². The highest BCUT2D eigenvalue weighted by Gasteiger charge is 2.08. The molecule has 0 radical (unpaired) electrons. The molecule has 0 spiro atoms. The Hall–Kier alpha value is -0.520. The smallest absolute Gasteiger partial charge is 0.0232 e. The molecule has 11 heavy (non-hydrogen) atoms. The Labute approximate surface area is 71.0 Å². The van der Waals surface area contributed by atoms with Gasteiger partial charge in [-0.25, -0.2) is 0 Å². The van der Waals surface area contributed by atoms with Crippen LogP contribution in [0.4, 0.5) is 0 Å². The second-order valence-electron chi connectivity index (χ2n) is 3.73. The molecule has 0 nitrogen and oxygen atoms in total. The van der Waals surface area contributed by atoms with E-state index in [0.717, 1.165) is 0 Å². The Bertz CT molecular complexity index is 135. The van der Waals surface area contributed by atoms with Crippen LogP contribution in [0, 0.1) is 11.8 Å². The van der Waals surface area contributed by atoms with Crippen molar-refractivity contribution in [3.63, 3.8) is 0 Å². The minimum absolute atomic E-state index is 0.627. The third kappa shape index (κ3) is 4.02. The van der Waals surface area contributed by atoms with Crippen LogP contribution in [0.2, 0.25) is 0 Å². The van der Waals surface area contributed by atoms with Gasteiger partial charge in [-0.1, -0.05) is 38.2 Å².